The average Bonchev–Trinajstić information content (AvgIpc) is 3.75. The summed E-state index contributed by atoms with van der Waals surface area (Å²) in [5, 5.41) is 8.81. The van der Waals surface area contributed by atoms with Crippen LogP contribution in [-0.2, 0) is 11.2 Å². The van der Waals surface area contributed by atoms with Gasteiger partial charge in [-0.3, -0.25) is 19.8 Å². The molecule has 0 unspecified atom stereocenters. The SMILES string of the molecule is CN1C(=O)CCCCc2c(Cl)cc3[nH]ncc3c2-c2ncc3c(nc(OC[C@@]45CCCN4C[C@H](F)C5)nc3c2F)N2CCC[C@@H]1C2. The van der Waals surface area contributed by atoms with Crippen LogP contribution in [0.3, 0.4) is 0 Å². The van der Waals surface area contributed by atoms with Gasteiger partial charge in [-0.15, -0.1) is 0 Å². The van der Waals surface area contributed by atoms with E-state index in [0.717, 1.165) is 37.8 Å². The van der Waals surface area contributed by atoms with Gasteiger partial charge in [0.25, 0.3) is 0 Å². The second-order valence-electron chi connectivity index (χ2n) is 13.4. The maximum atomic E-state index is 17.0. The molecule has 0 saturated carbocycles. The lowest BCUT2D eigenvalue weighted by atomic mass is 9.94. The van der Waals surface area contributed by atoms with E-state index in [9.17, 15) is 9.18 Å². The first-order valence-corrected chi connectivity index (χ1v) is 16.7. The smallest absolute Gasteiger partial charge is 0.319 e. The van der Waals surface area contributed by atoms with Crippen molar-refractivity contribution < 1.29 is 18.3 Å². The van der Waals surface area contributed by atoms with Crippen LogP contribution in [-0.4, -0.2) is 98.4 Å². The number of anilines is 1. The molecule has 46 heavy (non-hydrogen) atoms. The Balaban J connectivity index is 1.30. The number of hydrogen-bond donors (Lipinski definition) is 1. The molecular formula is C33H37ClF2N8O2. The second-order valence-corrected chi connectivity index (χ2v) is 13.8. The first-order valence-electron chi connectivity index (χ1n) is 16.3. The summed E-state index contributed by atoms with van der Waals surface area (Å²) in [5.74, 6) is 0.0350. The minimum Gasteiger partial charge on any atom is -0.461 e. The first-order chi connectivity index (χ1) is 22.3. The molecule has 10 nitrogen and oxygen atoms in total. The number of amides is 1. The van der Waals surface area contributed by atoms with Crippen molar-refractivity contribution >= 4 is 45.1 Å². The molecule has 6 bridgehead atoms. The van der Waals surface area contributed by atoms with Gasteiger partial charge in [0.05, 0.1) is 22.6 Å². The number of likely N-dealkylation sites (N-methyl/N-ethyl adjacent to an activating group) is 1. The lowest BCUT2D eigenvalue weighted by Gasteiger charge is -2.38. The number of pyridine rings is 1. The molecule has 8 heterocycles. The van der Waals surface area contributed by atoms with Crippen LogP contribution in [0.2, 0.25) is 5.02 Å². The second kappa shape index (κ2) is 11.6. The third kappa shape index (κ3) is 4.95. The summed E-state index contributed by atoms with van der Waals surface area (Å²) in [7, 11) is 1.87. The predicted molar refractivity (Wildman–Crippen MR) is 171 cm³/mol. The van der Waals surface area contributed by atoms with Gasteiger partial charge in [0, 0.05) is 67.7 Å². The van der Waals surface area contributed by atoms with Crippen molar-refractivity contribution in [3.63, 3.8) is 0 Å². The Morgan fingerprint density at radius 2 is 1.98 bits per heavy atom. The van der Waals surface area contributed by atoms with Crippen LogP contribution in [0.4, 0.5) is 14.6 Å². The molecule has 242 valence electrons. The Bertz CT molecular complexity index is 1840. The van der Waals surface area contributed by atoms with Gasteiger partial charge < -0.3 is 14.5 Å². The van der Waals surface area contributed by atoms with Crippen molar-refractivity contribution in [1.82, 2.24) is 34.9 Å². The highest BCUT2D eigenvalue weighted by Gasteiger charge is 2.49. The molecule has 0 spiro atoms. The van der Waals surface area contributed by atoms with Crippen molar-refractivity contribution in [2.75, 3.05) is 44.7 Å². The number of nitrogens with zero attached hydrogens (tertiary/aromatic N) is 7. The van der Waals surface area contributed by atoms with E-state index in [1.807, 2.05) is 11.9 Å². The molecule has 1 N–H and O–H groups in total. The highest BCUT2D eigenvalue weighted by molar-refractivity contribution is 6.33. The standard InChI is InChI=1S/C33H37ClF2N8O2/c1-42-20-6-4-10-43(17-20)31-23-14-37-30(27-21(7-2-3-8-26(42)45)24(34)12-25-22(27)15-38-41-25)28(36)29(23)39-32(40-31)46-18-33-9-5-11-44(33)16-19(35)13-33/h12,14-15,19-20H,2-11,13,16-18H2,1H3,(H,38,41)/t19-,20-,33+/m1/s1. The summed E-state index contributed by atoms with van der Waals surface area (Å²) >= 11 is 6.83. The van der Waals surface area contributed by atoms with Gasteiger partial charge in [-0.1, -0.05) is 11.6 Å². The molecular weight excluding hydrogens is 614 g/mol. The minimum atomic E-state index is -0.897. The van der Waals surface area contributed by atoms with E-state index in [1.165, 1.54) is 0 Å². The number of piperidine rings is 1. The topological polar surface area (TPSA) is 103 Å². The van der Waals surface area contributed by atoms with Crippen LogP contribution in [0.1, 0.15) is 56.9 Å². The fourth-order valence-corrected chi connectivity index (χ4v) is 8.48. The highest BCUT2D eigenvalue weighted by Crippen LogP contribution is 2.42. The number of hydrogen-bond acceptors (Lipinski definition) is 8. The maximum absolute atomic E-state index is 17.0. The molecule has 4 aromatic rings. The van der Waals surface area contributed by atoms with Gasteiger partial charge in [-0.2, -0.15) is 15.1 Å². The molecule has 3 atom stereocenters. The van der Waals surface area contributed by atoms with Gasteiger partial charge in [-0.05, 0) is 63.1 Å². The maximum Gasteiger partial charge on any atom is 0.319 e. The fourth-order valence-electron chi connectivity index (χ4n) is 8.19. The number of carbonyl (C=O) groups excluding carboxylic acids is 1. The van der Waals surface area contributed by atoms with Crippen molar-refractivity contribution in [1.29, 1.82) is 0 Å². The van der Waals surface area contributed by atoms with Crippen LogP contribution < -0.4 is 9.64 Å². The molecule has 13 heteroatoms. The zero-order valence-corrected chi connectivity index (χ0v) is 26.6. The summed E-state index contributed by atoms with van der Waals surface area (Å²) < 4.78 is 37.8. The lowest BCUT2D eigenvalue weighted by Crippen LogP contribution is -2.49. The number of ether oxygens (including phenoxy) is 1. The van der Waals surface area contributed by atoms with Gasteiger partial charge in [-0.25, -0.2) is 8.78 Å². The summed E-state index contributed by atoms with van der Waals surface area (Å²) in [6, 6.07) is 1.83. The Morgan fingerprint density at radius 3 is 2.87 bits per heavy atom. The molecule has 0 radical (unpaired) electrons. The number of alkyl halides is 1. The number of halogens is 3. The van der Waals surface area contributed by atoms with Crippen LogP contribution in [0.15, 0.2) is 18.5 Å². The Labute approximate surface area is 270 Å². The monoisotopic (exact) mass is 650 g/mol. The number of carbonyl (C=O) groups is 1. The van der Waals surface area contributed by atoms with E-state index >= 15 is 4.39 Å². The van der Waals surface area contributed by atoms with Crippen LogP contribution in [0, 0.1) is 5.82 Å². The van der Waals surface area contributed by atoms with Crippen molar-refractivity contribution in [2.24, 2.45) is 0 Å². The first kappa shape index (κ1) is 29.7. The zero-order chi connectivity index (χ0) is 31.6. The van der Waals surface area contributed by atoms with E-state index in [2.05, 4.69) is 25.0 Å². The minimum absolute atomic E-state index is 0.0175. The van der Waals surface area contributed by atoms with Gasteiger partial charge in [0.2, 0.25) is 5.91 Å². The third-order valence-corrected chi connectivity index (χ3v) is 11.0. The molecule has 1 amide bonds. The summed E-state index contributed by atoms with van der Waals surface area (Å²) in [6.07, 6.45) is 8.67. The molecule has 5 aliphatic heterocycles. The third-order valence-electron chi connectivity index (χ3n) is 10.6. The van der Waals surface area contributed by atoms with Crippen molar-refractivity contribution in [3.8, 4) is 17.3 Å². The quantitative estimate of drug-likeness (QED) is 0.312. The van der Waals surface area contributed by atoms with Gasteiger partial charge in [0.15, 0.2) is 5.82 Å². The Morgan fingerprint density at radius 1 is 1.11 bits per heavy atom. The molecule has 1 aromatic carbocycles. The van der Waals surface area contributed by atoms with E-state index < -0.39 is 17.5 Å². The normalized spacial score (nSPS) is 25.6. The largest absolute Gasteiger partial charge is 0.461 e. The number of H-pyrrole nitrogens is 1. The van der Waals surface area contributed by atoms with Gasteiger partial charge in [0.1, 0.15) is 29.8 Å². The van der Waals surface area contributed by atoms with E-state index in [-0.39, 0.29) is 35.8 Å². The van der Waals surface area contributed by atoms with Crippen molar-refractivity contribution in [2.45, 2.75) is 75.5 Å². The number of rotatable bonds is 3. The number of benzene rings is 1. The number of aromatic nitrogens is 5. The van der Waals surface area contributed by atoms with Crippen molar-refractivity contribution in [3.05, 3.63) is 34.9 Å². The average molecular weight is 651 g/mol. The van der Waals surface area contributed by atoms with Crippen LogP contribution in [0.5, 0.6) is 6.01 Å². The molecule has 3 aromatic heterocycles. The molecule has 5 aliphatic rings. The van der Waals surface area contributed by atoms with E-state index in [4.69, 9.17) is 26.3 Å². The summed E-state index contributed by atoms with van der Waals surface area (Å²) in [6.45, 7) is 2.70. The number of fused-ring (bicyclic) bond motifs is 8. The van der Waals surface area contributed by atoms with E-state index in [0.29, 0.717) is 84.4 Å². The number of aromatic amines is 1. The molecule has 3 saturated heterocycles. The Hall–Kier alpha value is -3.64. The molecule has 0 aliphatic carbocycles. The lowest BCUT2D eigenvalue weighted by molar-refractivity contribution is -0.132. The highest BCUT2D eigenvalue weighted by atomic mass is 35.5. The summed E-state index contributed by atoms with van der Waals surface area (Å²) in [4.78, 5) is 33.6. The van der Waals surface area contributed by atoms with Crippen LogP contribution >= 0.6 is 11.6 Å². The van der Waals surface area contributed by atoms with Crippen LogP contribution in [0.25, 0.3) is 33.1 Å². The Kier molecular flexibility index (Phi) is 7.47. The van der Waals surface area contributed by atoms with E-state index in [1.54, 1.807) is 18.5 Å². The predicted octanol–water partition coefficient (Wildman–Crippen LogP) is 5.47. The molecule has 3 fully saturated rings. The number of nitrogens with one attached hydrogen (secondary N) is 1. The molecule has 9 rings (SSSR count). The summed E-state index contributed by atoms with van der Waals surface area (Å²) in [5.41, 5.74) is 1.81. The fraction of sp³-hybridized carbons (Fsp3) is 0.545. The zero-order valence-electron chi connectivity index (χ0n) is 25.9. The van der Waals surface area contributed by atoms with Gasteiger partial charge >= 0.3 is 6.01 Å².